The van der Waals surface area contributed by atoms with Crippen LogP contribution in [-0.2, 0) is 0 Å². The summed E-state index contributed by atoms with van der Waals surface area (Å²) in [6.45, 7) is 1.19. The summed E-state index contributed by atoms with van der Waals surface area (Å²) in [5, 5.41) is 8.98. The first-order valence-electron chi connectivity index (χ1n) is 2.94. The number of Topliss-reactive ketones (excluding diaryl/α,β-unsaturated/α-hetero) is 1. The lowest BCUT2D eigenvalue weighted by atomic mass is 10.2. The zero-order chi connectivity index (χ0) is 8.43. The molecule has 0 unspecified atom stereocenters. The molecule has 1 aromatic heterocycles. The standard InChI is InChI=1S/C7H6O4/c1-4(8)6-5(9)2-3-11-7(6)10/h2-3,9H,1H3. The first kappa shape index (κ1) is 7.53. The van der Waals surface area contributed by atoms with Crippen LogP contribution in [0.15, 0.2) is 21.5 Å². The van der Waals surface area contributed by atoms with Crippen molar-refractivity contribution in [1.82, 2.24) is 0 Å². The molecule has 0 fully saturated rings. The maximum atomic E-state index is 10.7. The minimum Gasteiger partial charge on any atom is -0.507 e. The summed E-state index contributed by atoms with van der Waals surface area (Å²) < 4.78 is 4.36. The van der Waals surface area contributed by atoms with Gasteiger partial charge < -0.3 is 9.52 Å². The van der Waals surface area contributed by atoms with E-state index < -0.39 is 11.4 Å². The van der Waals surface area contributed by atoms with Gasteiger partial charge in [-0.15, -0.1) is 0 Å². The van der Waals surface area contributed by atoms with Crippen LogP contribution in [0.1, 0.15) is 17.3 Å². The summed E-state index contributed by atoms with van der Waals surface area (Å²) >= 11 is 0. The van der Waals surface area contributed by atoms with Crippen molar-refractivity contribution < 1.29 is 14.3 Å². The molecule has 11 heavy (non-hydrogen) atoms. The molecule has 1 N–H and O–H groups in total. The summed E-state index contributed by atoms with van der Waals surface area (Å²) in [5.41, 5.74) is -1.11. The van der Waals surface area contributed by atoms with E-state index in [4.69, 9.17) is 5.11 Å². The van der Waals surface area contributed by atoms with Crippen LogP contribution in [0.4, 0.5) is 0 Å². The van der Waals surface area contributed by atoms with E-state index in [0.717, 1.165) is 12.3 Å². The molecule has 4 heteroatoms. The summed E-state index contributed by atoms with van der Waals surface area (Å²) in [5.74, 6) is -0.842. The topological polar surface area (TPSA) is 67.5 Å². The molecule has 0 aliphatic carbocycles. The van der Waals surface area contributed by atoms with Gasteiger partial charge in [0.05, 0.1) is 6.26 Å². The number of hydrogen-bond donors (Lipinski definition) is 1. The Morgan fingerprint density at radius 3 is 2.64 bits per heavy atom. The second-order valence-electron chi connectivity index (χ2n) is 2.02. The largest absolute Gasteiger partial charge is 0.507 e. The summed E-state index contributed by atoms with van der Waals surface area (Å²) in [6, 6.07) is 1.15. The first-order chi connectivity index (χ1) is 5.13. The predicted molar refractivity (Wildman–Crippen MR) is 36.6 cm³/mol. The first-order valence-corrected chi connectivity index (χ1v) is 2.94. The number of rotatable bonds is 1. The van der Waals surface area contributed by atoms with Crippen molar-refractivity contribution in [3.05, 3.63) is 28.3 Å². The van der Waals surface area contributed by atoms with Crippen LogP contribution in [0, 0.1) is 0 Å². The molecule has 0 saturated heterocycles. The fraction of sp³-hybridized carbons (Fsp3) is 0.143. The highest BCUT2D eigenvalue weighted by molar-refractivity contribution is 5.95. The fourth-order valence-corrected chi connectivity index (χ4v) is 0.731. The second-order valence-corrected chi connectivity index (χ2v) is 2.02. The highest BCUT2D eigenvalue weighted by atomic mass is 16.4. The quantitative estimate of drug-likeness (QED) is 0.599. The Balaban J connectivity index is 3.45. The van der Waals surface area contributed by atoms with Crippen molar-refractivity contribution in [3.63, 3.8) is 0 Å². The van der Waals surface area contributed by atoms with Gasteiger partial charge in [0.25, 0.3) is 0 Å². The molecule has 0 aliphatic heterocycles. The Morgan fingerprint density at radius 1 is 1.64 bits per heavy atom. The molecule has 1 rings (SSSR count). The van der Waals surface area contributed by atoms with Gasteiger partial charge in [0.1, 0.15) is 11.3 Å². The van der Waals surface area contributed by atoms with Crippen LogP contribution in [0.2, 0.25) is 0 Å². The molecule has 0 bridgehead atoms. The molecule has 0 aliphatic rings. The van der Waals surface area contributed by atoms with Crippen molar-refractivity contribution in [2.45, 2.75) is 6.92 Å². The molecule has 4 nitrogen and oxygen atoms in total. The maximum absolute atomic E-state index is 10.7. The highest BCUT2D eigenvalue weighted by Gasteiger charge is 2.11. The van der Waals surface area contributed by atoms with Crippen molar-refractivity contribution in [1.29, 1.82) is 0 Å². The van der Waals surface area contributed by atoms with Crippen LogP contribution < -0.4 is 5.63 Å². The number of aromatic hydroxyl groups is 1. The molecule has 0 atom stereocenters. The summed E-state index contributed by atoms with van der Waals surface area (Å²) in [6.07, 6.45) is 1.03. The van der Waals surface area contributed by atoms with E-state index in [2.05, 4.69) is 4.42 Å². The minimum atomic E-state index is -0.808. The fourth-order valence-electron chi connectivity index (χ4n) is 0.731. The van der Waals surface area contributed by atoms with Gasteiger partial charge in [-0.25, -0.2) is 4.79 Å². The Kier molecular flexibility index (Phi) is 1.76. The van der Waals surface area contributed by atoms with Gasteiger partial charge in [-0.3, -0.25) is 4.79 Å². The Hall–Kier alpha value is -1.58. The lowest BCUT2D eigenvalue weighted by Crippen LogP contribution is -2.10. The lowest BCUT2D eigenvalue weighted by Gasteiger charge is -1.94. The average molecular weight is 154 g/mol. The second kappa shape index (κ2) is 2.57. The molecule has 1 heterocycles. The summed E-state index contributed by atoms with van der Waals surface area (Å²) in [4.78, 5) is 21.4. The van der Waals surface area contributed by atoms with E-state index >= 15 is 0 Å². The molecule has 0 radical (unpaired) electrons. The third-order valence-corrected chi connectivity index (χ3v) is 1.21. The third kappa shape index (κ3) is 1.29. The number of carbonyl (C=O) groups excluding carboxylic acids is 1. The molecule has 58 valence electrons. The lowest BCUT2D eigenvalue weighted by molar-refractivity contribution is 0.101. The molecular formula is C7H6O4. The van der Waals surface area contributed by atoms with Crippen LogP contribution in [0.5, 0.6) is 5.75 Å². The van der Waals surface area contributed by atoms with E-state index in [9.17, 15) is 9.59 Å². The van der Waals surface area contributed by atoms with E-state index in [0.29, 0.717) is 0 Å². The van der Waals surface area contributed by atoms with Gasteiger partial charge in [0.15, 0.2) is 5.78 Å². The van der Waals surface area contributed by atoms with E-state index in [1.165, 1.54) is 6.92 Å². The number of carbonyl (C=O) groups is 1. The zero-order valence-electron chi connectivity index (χ0n) is 5.83. The van der Waals surface area contributed by atoms with Gasteiger partial charge in [-0.1, -0.05) is 0 Å². The smallest absolute Gasteiger partial charge is 0.350 e. The van der Waals surface area contributed by atoms with Gasteiger partial charge in [-0.2, -0.15) is 0 Å². The van der Waals surface area contributed by atoms with Crippen LogP contribution in [0.25, 0.3) is 0 Å². The van der Waals surface area contributed by atoms with Gasteiger partial charge >= 0.3 is 5.63 Å². The van der Waals surface area contributed by atoms with E-state index in [1.54, 1.807) is 0 Å². The van der Waals surface area contributed by atoms with E-state index in [1.807, 2.05) is 0 Å². The molecule has 0 amide bonds. The summed E-state index contributed by atoms with van der Waals surface area (Å²) in [7, 11) is 0. The van der Waals surface area contributed by atoms with Crippen molar-refractivity contribution in [2.75, 3.05) is 0 Å². The highest BCUT2D eigenvalue weighted by Crippen LogP contribution is 2.10. The van der Waals surface area contributed by atoms with Crippen molar-refractivity contribution in [2.24, 2.45) is 0 Å². The SMILES string of the molecule is CC(=O)c1c(O)ccoc1=O. The van der Waals surface area contributed by atoms with Crippen LogP contribution >= 0.6 is 0 Å². The molecule has 1 aromatic rings. The van der Waals surface area contributed by atoms with Gasteiger partial charge in [0, 0.05) is 6.07 Å². The van der Waals surface area contributed by atoms with Crippen molar-refractivity contribution >= 4 is 5.78 Å². The molecule has 0 aromatic carbocycles. The van der Waals surface area contributed by atoms with Crippen LogP contribution in [-0.4, -0.2) is 10.9 Å². The Bertz CT molecular complexity index is 337. The third-order valence-electron chi connectivity index (χ3n) is 1.21. The zero-order valence-corrected chi connectivity index (χ0v) is 5.83. The minimum absolute atomic E-state index is 0.299. The number of hydrogen-bond acceptors (Lipinski definition) is 4. The molecular weight excluding hydrogens is 148 g/mol. The Labute approximate surface area is 62.1 Å². The molecule has 0 saturated carbocycles. The van der Waals surface area contributed by atoms with E-state index in [-0.39, 0.29) is 11.3 Å². The monoisotopic (exact) mass is 154 g/mol. The predicted octanol–water partition coefficient (Wildman–Crippen LogP) is 0.548. The molecule has 0 spiro atoms. The van der Waals surface area contributed by atoms with Gasteiger partial charge in [-0.05, 0) is 6.92 Å². The Morgan fingerprint density at radius 2 is 2.27 bits per heavy atom. The number of ketones is 1. The normalized spacial score (nSPS) is 9.55. The maximum Gasteiger partial charge on any atom is 0.350 e. The van der Waals surface area contributed by atoms with Gasteiger partial charge in [0.2, 0.25) is 0 Å². The average Bonchev–Trinajstić information content (AvgIpc) is 1.85. The van der Waals surface area contributed by atoms with Crippen molar-refractivity contribution in [3.8, 4) is 5.75 Å². The van der Waals surface area contributed by atoms with Crippen LogP contribution in [0.3, 0.4) is 0 Å².